The first-order valence-corrected chi connectivity index (χ1v) is 7.45. The first-order valence-electron chi connectivity index (χ1n) is 7.45. The first kappa shape index (κ1) is 12.0. The average molecular weight is 244 g/mol. The van der Waals surface area contributed by atoms with Crippen LogP contribution in [0, 0.1) is 0 Å². The smallest absolute Gasteiger partial charge is 0.0371 e. The maximum Gasteiger partial charge on any atom is 0.0371 e. The Kier molecular flexibility index (Phi) is 3.55. The SMILES string of the molecule is CCNC1CC2CCCC(C1)N2c1ccccc1. The van der Waals surface area contributed by atoms with Crippen molar-refractivity contribution < 1.29 is 0 Å². The molecule has 2 heterocycles. The number of piperidine rings is 2. The highest BCUT2D eigenvalue weighted by atomic mass is 15.2. The molecule has 1 aromatic rings. The van der Waals surface area contributed by atoms with Crippen molar-refractivity contribution >= 4 is 5.69 Å². The van der Waals surface area contributed by atoms with Crippen LogP contribution in [0.25, 0.3) is 0 Å². The first-order chi connectivity index (χ1) is 8.88. The van der Waals surface area contributed by atoms with Gasteiger partial charge in [0, 0.05) is 23.8 Å². The Balaban J connectivity index is 1.80. The predicted octanol–water partition coefficient (Wildman–Crippen LogP) is 3.19. The van der Waals surface area contributed by atoms with Crippen LogP contribution in [-0.2, 0) is 0 Å². The van der Waals surface area contributed by atoms with Crippen molar-refractivity contribution in [1.82, 2.24) is 5.32 Å². The third-order valence-corrected chi connectivity index (χ3v) is 4.52. The van der Waals surface area contributed by atoms with Crippen LogP contribution >= 0.6 is 0 Å². The fourth-order valence-electron chi connectivity index (χ4n) is 3.86. The van der Waals surface area contributed by atoms with Crippen LogP contribution in [0.15, 0.2) is 30.3 Å². The number of rotatable bonds is 3. The largest absolute Gasteiger partial charge is 0.365 e. The lowest BCUT2D eigenvalue weighted by atomic mass is 9.81. The van der Waals surface area contributed by atoms with E-state index in [0.717, 1.165) is 24.7 Å². The van der Waals surface area contributed by atoms with Gasteiger partial charge in [0.25, 0.3) is 0 Å². The highest BCUT2D eigenvalue weighted by Gasteiger charge is 2.37. The molecule has 3 rings (SSSR count). The summed E-state index contributed by atoms with van der Waals surface area (Å²) in [7, 11) is 0. The Hall–Kier alpha value is -1.02. The van der Waals surface area contributed by atoms with E-state index in [-0.39, 0.29) is 0 Å². The summed E-state index contributed by atoms with van der Waals surface area (Å²) in [4.78, 5) is 2.71. The second-order valence-electron chi connectivity index (χ2n) is 5.71. The van der Waals surface area contributed by atoms with E-state index in [1.807, 2.05) is 0 Å². The Morgan fingerprint density at radius 1 is 1.11 bits per heavy atom. The molecule has 2 aliphatic rings. The number of hydrogen-bond acceptors (Lipinski definition) is 2. The van der Waals surface area contributed by atoms with Crippen molar-refractivity contribution in [3.05, 3.63) is 30.3 Å². The van der Waals surface area contributed by atoms with Gasteiger partial charge in [0.2, 0.25) is 0 Å². The van der Waals surface area contributed by atoms with E-state index in [1.54, 1.807) is 0 Å². The van der Waals surface area contributed by atoms with Crippen molar-refractivity contribution in [2.24, 2.45) is 0 Å². The third-order valence-electron chi connectivity index (χ3n) is 4.52. The van der Waals surface area contributed by atoms with Gasteiger partial charge < -0.3 is 10.2 Å². The summed E-state index contributed by atoms with van der Waals surface area (Å²) in [5, 5.41) is 3.66. The molecule has 0 aliphatic carbocycles. The molecule has 2 aliphatic heterocycles. The summed E-state index contributed by atoms with van der Waals surface area (Å²) in [6.45, 7) is 3.33. The Bertz CT molecular complexity index is 362. The van der Waals surface area contributed by atoms with Crippen molar-refractivity contribution in [3.8, 4) is 0 Å². The molecule has 0 saturated carbocycles. The van der Waals surface area contributed by atoms with E-state index in [2.05, 4.69) is 47.5 Å². The minimum atomic E-state index is 0.741. The number of nitrogens with one attached hydrogen (secondary N) is 1. The van der Waals surface area contributed by atoms with Crippen LogP contribution in [0.4, 0.5) is 5.69 Å². The average Bonchev–Trinajstić information content (AvgIpc) is 2.39. The molecule has 0 amide bonds. The molecule has 18 heavy (non-hydrogen) atoms. The summed E-state index contributed by atoms with van der Waals surface area (Å²) in [6.07, 6.45) is 6.79. The quantitative estimate of drug-likeness (QED) is 0.878. The minimum Gasteiger partial charge on any atom is -0.365 e. The second kappa shape index (κ2) is 5.31. The lowest BCUT2D eigenvalue weighted by Gasteiger charge is -2.50. The van der Waals surface area contributed by atoms with Crippen LogP contribution < -0.4 is 10.2 Å². The van der Waals surface area contributed by atoms with E-state index < -0.39 is 0 Å². The summed E-state index contributed by atoms with van der Waals surface area (Å²) in [5.41, 5.74) is 1.43. The highest BCUT2D eigenvalue weighted by molar-refractivity contribution is 5.49. The molecule has 2 fully saturated rings. The fraction of sp³-hybridized carbons (Fsp3) is 0.625. The van der Waals surface area contributed by atoms with E-state index in [9.17, 15) is 0 Å². The molecule has 2 atom stereocenters. The predicted molar refractivity (Wildman–Crippen MR) is 77.0 cm³/mol. The van der Waals surface area contributed by atoms with Crippen LogP contribution in [0.1, 0.15) is 39.0 Å². The molecule has 1 N–H and O–H groups in total. The number of benzene rings is 1. The zero-order chi connectivity index (χ0) is 12.4. The standard InChI is InChI=1S/C16H24N2/c1-2-17-13-11-15-9-6-10-16(12-13)18(15)14-7-4-3-5-8-14/h3-5,7-8,13,15-17H,2,6,9-12H2,1H3. The van der Waals surface area contributed by atoms with Crippen molar-refractivity contribution in [2.45, 2.75) is 57.2 Å². The Morgan fingerprint density at radius 2 is 1.78 bits per heavy atom. The van der Waals surface area contributed by atoms with E-state index in [1.165, 1.54) is 37.8 Å². The maximum atomic E-state index is 3.66. The van der Waals surface area contributed by atoms with E-state index in [4.69, 9.17) is 0 Å². The lowest BCUT2D eigenvalue weighted by Crippen LogP contribution is -2.56. The number of fused-ring (bicyclic) bond motifs is 2. The Morgan fingerprint density at radius 3 is 2.39 bits per heavy atom. The molecule has 2 unspecified atom stereocenters. The number of anilines is 1. The van der Waals surface area contributed by atoms with Gasteiger partial charge in [-0.3, -0.25) is 0 Å². The normalized spacial score (nSPS) is 31.4. The van der Waals surface area contributed by atoms with Gasteiger partial charge in [-0.2, -0.15) is 0 Å². The molecule has 98 valence electrons. The highest BCUT2D eigenvalue weighted by Crippen LogP contribution is 2.37. The van der Waals surface area contributed by atoms with Crippen molar-refractivity contribution in [2.75, 3.05) is 11.4 Å². The summed E-state index contributed by atoms with van der Waals surface area (Å²) in [6, 6.07) is 13.3. The van der Waals surface area contributed by atoms with Crippen LogP contribution in [0.3, 0.4) is 0 Å². The lowest BCUT2D eigenvalue weighted by molar-refractivity contribution is 0.247. The molecular formula is C16H24N2. The summed E-state index contributed by atoms with van der Waals surface area (Å²) < 4.78 is 0. The van der Waals surface area contributed by atoms with Gasteiger partial charge in [-0.25, -0.2) is 0 Å². The maximum absolute atomic E-state index is 3.66. The number of hydrogen-bond donors (Lipinski definition) is 1. The molecule has 2 saturated heterocycles. The number of para-hydroxylation sites is 1. The van der Waals surface area contributed by atoms with Gasteiger partial charge in [-0.05, 0) is 50.8 Å². The van der Waals surface area contributed by atoms with Crippen LogP contribution in [0.2, 0.25) is 0 Å². The molecule has 0 aromatic heterocycles. The van der Waals surface area contributed by atoms with Crippen LogP contribution in [0.5, 0.6) is 0 Å². The van der Waals surface area contributed by atoms with Gasteiger partial charge in [0.1, 0.15) is 0 Å². The molecule has 0 spiro atoms. The van der Waals surface area contributed by atoms with Crippen LogP contribution in [-0.4, -0.2) is 24.7 Å². The molecule has 2 bridgehead atoms. The third kappa shape index (κ3) is 2.26. The number of nitrogens with zero attached hydrogens (tertiary/aromatic N) is 1. The summed E-state index contributed by atoms with van der Waals surface area (Å²) >= 11 is 0. The van der Waals surface area contributed by atoms with Gasteiger partial charge in [-0.1, -0.05) is 25.1 Å². The van der Waals surface area contributed by atoms with Crippen molar-refractivity contribution in [3.63, 3.8) is 0 Å². The molecular weight excluding hydrogens is 220 g/mol. The topological polar surface area (TPSA) is 15.3 Å². The monoisotopic (exact) mass is 244 g/mol. The van der Waals surface area contributed by atoms with E-state index >= 15 is 0 Å². The Labute approximate surface area is 110 Å². The van der Waals surface area contributed by atoms with Gasteiger partial charge in [-0.15, -0.1) is 0 Å². The minimum absolute atomic E-state index is 0.741. The molecule has 2 nitrogen and oxygen atoms in total. The zero-order valence-electron chi connectivity index (χ0n) is 11.3. The van der Waals surface area contributed by atoms with Gasteiger partial charge in [0.15, 0.2) is 0 Å². The summed E-state index contributed by atoms with van der Waals surface area (Å²) in [5.74, 6) is 0. The molecule has 1 aromatic carbocycles. The van der Waals surface area contributed by atoms with Gasteiger partial charge in [0.05, 0.1) is 0 Å². The van der Waals surface area contributed by atoms with E-state index in [0.29, 0.717) is 0 Å². The zero-order valence-corrected chi connectivity index (χ0v) is 11.3. The van der Waals surface area contributed by atoms with Gasteiger partial charge >= 0.3 is 0 Å². The molecule has 0 radical (unpaired) electrons. The molecule has 2 heteroatoms. The fourth-order valence-corrected chi connectivity index (χ4v) is 3.86. The van der Waals surface area contributed by atoms with Crippen molar-refractivity contribution in [1.29, 1.82) is 0 Å². The second-order valence-corrected chi connectivity index (χ2v) is 5.71.